The highest BCUT2D eigenvalue weighted by atomic mass is 16.5. The topological polar surface area (TPSA) is 47.6 Å². The number of nitrogens with one attached hydrogen (secondary N) is 1. The smallest absolute Gasteiger partial charge is 0.262 e. The minimum absolute atomic E-state index is 0.00931. The Morgan fingerprint density at radius 2 is 1.80 bits per heavy atom. The summed E-state index contributed by atoms with van der Waals surface area (Å²) < 4.78 is 11.6. The summed E-state index contributed by atoms with van der Waals surface area (Å²) in [6.07, 6.45) is 5.10. The second kappa shape index (κ2) is 8.06. The Bertz CT molecular complexity index is 718. The van der Waals surface area contributed by atoms with Crippen molar-refractivity contribution < 1.29 is 14.3 Å². The molecule has 4 heteroatoms. The summed E-state index contributed by atoms with van der Waals surface area (Å²) in [7, 11) is 0. The summed E-state index contributed by atoms with van der Waals surface area (Å²) in [5.41, 5.74) is 2.87. The van der Waals surface area contributed by atoms with Crippen LogP contribution in [0.1, 0.15) is 36.8 Å². The fourth-order valence-electron chi connectivity index (χ4n) is 3.02. The number of benzene rings is 2. The van der Waals surface area contributed by atoms with Gasteiger partial charge >= 0.3 is 0 Å². The first kappa shape index (κ1) is 17.3. The van der Waals surface area contributed by atoms with Gasteiger partial charge in [0.25, 0.3) is 5.91 Å². The van der Waals surface area contributed by atoms with Crippen LogP contribution in [0.2, 0.25) is 0 Å². The molecule has 0 aliphatic heterocycles. The molecule has 1 N–H and O–H groups in total. The molecule has 1 aliphatic carbocycles. The number of ether oxygens (including phenoxy) is 2. The fourth-order valence-corrected chi connectivity index (χ4v) is 3.02. The molecule has 3 rings (SSSR count). The molecule has 0 bridgehead atoms. The Balaban J connectivity index is 1.49. The van der Waals surface area contributed by atoms with E-state index in [-0.39, 0.29) is 12.5 Å². The Kier molecular flexibility index (Phi) is 5.59. The molecule has 4 nitrogen and oxygen atoms in total. The van der Waals surface area contributed by atoms with Crippen LogP contribution in [0.4, 0.5) is 5.69 Å². The lowest BCUT2D eigenvalue weighted by molar-refractivity contribution is -0.118. The Hall–Kier alpha value is -2.49. The number of carbonyl (C=O) groups is 1. The molecule has 1 aliphatic rings. The minimum Gasteiger partial charge on any atom is -0.490 e. The maximum Gasteiger partial charge on any atom is 0.262 e. The highest BCUT2D eigenvalue weighted by Crippen LogP contribution is 2.25. The molecule has 132 valence electrons. The Morgan fingerprint density at radius 1 is 1.08 bits per heavy atom. The van der Waals surface area contributed by atoms with Crippen molar-refractivity contribution in [3.8, 4) is 11.5 Å². The number of amides is 1. The summed E-state index contributed by atoms with van der Waals surface area (Å²) in [5.74, 6) is 1.43. The minimum atomic E-state index is -0.176. The lowest BCUT2D eigenvalue weighted by Gasteiger charge is -2.14. The van der Waals surface area contributed by atoms with Crippen LogP contribution < -0.4 is 14.8 Å². The quantitative estimate of drug-likeness (QED) is 0.834. The van der Waals surface area contributed by atoms with Gasteiger partial charge in [-0.25, -0.2) is 0 Å². The highest BCUT2D eigenvalue weighted by molar-refractivity contribution is 5.91. The van der Waals surface area contributed by atoms with E-state index in [0.29, 0.717) is 6.10 Å². The van der Waals surface area contributed by atoms with Crippen LogP contribution in [-0.2, 0) is 4.79 Å². The molecule has 0 unspecified atom stereocenters. The van der Waals surface area contributed by atoms with Gasteiger partial charge in [-0.1, -0.05) is 12.1 Å². The maximum atomic E-state index is 12.1. The summed E-state index contributed by atoms with van der Waals surface area (Å²) in [6.45, 7) is 3.96. The zero-order valence-corrected chi connectivity index (χ0v) is 14.9. The first-order chi connectivity index (χ1) is 12.1. The first-order valence-corrected chi connectivity index (χ1v) is 8.87. The highest BCUT2D eigenvalue weighted by Gasteiger charge is 2.16. The average Bonchev–Trinajstić information content (AvgIpc) is 3.10. The van der Waals surface area contributed by atoms with Gasteiger partial charge in [-0.3, -0.25) is 4.79 Å². The monoisotopic (exact) mass is 339 g/mol. The van der Waals surface area contributed by atoms with Crippen LogP contribution in [-0.4, -0.2) is 18.6 Å². The van der Waals surface area contributed by atoms with Crippen molar-refractivity contribution in [3.63, 3.8) is 0 Å². The molecular weight excluding hydrogens is 314 g/mol. The Morgan fingerprint density at radius 3 is 2.52 bits per heavy atom. The van der Waals surface area contributed by atoms with Crippen molar-refractivity contribution in [1.82, 2.24) is 0 Å². The molecule has 1 fully saturated rings. The summed E-state index contributed by atoms with van der Waals surface area (Å²) in [5, 5.41) is 2.85. The number of rotatable bonds is 6. The third kappa shape index (κ3) is 4.99. The number of aryl methyl sites for hydroxylation is 2. The lowest BCUT2D eigenvalue weighted by atomic mass is 10.1. The largest absolute Gasteiger partial charge is 0.490 e. The van der Waals surface area contributed by atoms with Gasteiger partial charge in [-0.2, -0.15) is 0 Å². The van der Waals surface area contributed by atoms with Crippen molar-refractivity contribution in [2.45, 2.75) is 45.6 Å². The molecule has 0 heterocycles. The van der Waals surface area contributed by atoms with E-state index in [1.54, 1.807) is 0 Å². The van der Waals surface area contributed by atoms with Crippen LogP contribution in [0.3, 0.4) is 0 Å². The van der Waals surface area contributed by atoms with Crippen molar-refractivity contribution in [3.05, 3.63) is 53.6 Å². The van der Waals surface area contributed by atoms with Gasteiger partial charge in [-0.05, 0) is 81.0 Å². The molecule has 0 atom stereocenters. The van der Waals surface area contributed by atoms with Gasteiger partial charge < -0.3 is 14.8 Å². The van der Waals surface area contributed by atoms with E-state index >= 15 is 0 Å². The third-order valence-electron chi connectivity index (χ3n) is 4.45. The van der Waals surface area contributed by atoms with Crippen molar-refractivity contribution in [2.75, 3.05) is 11.9 Å². The molecule has 0 spiro atoms. The van der Waals surface area contributed by atoms with E-state index in [2.05, 4.69) is 5.32 Å². The van der Waals surface area contributed by atoms with Crippen molar-refractivity contribution in [1.29, 1.82) is 0 Å². The van der Waals surface area contributed by atoms with Gasteiger partial charge in [0.1, 0.15) is 11.5 Å². The van der Waals surface area contributed by atoms with Gasteiger partial charge in [0, 0.05) is 5.69 Å². The van der Waals surface area contributed by atoms with Crippen LogP contribution >= 0.6 is 0 Å². The molecule has 0 saturated heterocycles. The predicted molar refractivity (Wildman–Crippen MR) is 99.4 cm³/mol. The number of carbonyl (C=O) groups excluding carboxylic acids is 1. The number of hydrogen-bond donors (Lipinski definition) is 1. The molecule has 1 amide bonds. The van der Waals surface area contributed by atoms with E-state index < -0.39 is 0 Å². The lowest BCUT2D eigenvalue weighted by Crippen LogP contribution is -2.20. The van der Waals surface area contributed by atoms with E-state index in [1.165, 1.54) is 12.8 Å². The maximum absolute atomic E-state index is 12.1. The number of anilines is 1. The molecule has 25 heavy (non-hydrogen) atoms. The standard InChI is InChI=1S/C21H25NO3/c1-15-7-8-16(2)20(13-15)24-14-21(23)22-17-9-11-19(12-10-17)25-18-5-3-4-6-18/h7-13,18H,3-6,14H2,1-2H3,(H,22,23). The molecule has 0 radical (unpaired) electrons. The second-order valence-electron chi connectivity index (χ2n) is 6.65. The second-order valence-corrected chi connectivity index (χ2v) is 6.65. The summed E-state index contributed by atoms with van der Waals surface area (Å²) in [6, 6.07) is 13.5. The first-order valence-electron chi connectivity index (χ1n) is 8.87. The molecule has 0 aromatic heterocycles. The zero-order valence-electron chi connectivity index (χ0n) is 14.9. The van der Waals surface area contributed by atoms with Gasteiger partial charge in [-0.15, -0.1) is 0 Å². The summed E-state index contributed by atoms with van der Waals surface area (Å²) >= 11 is 0. The van der Waals surface area contributed by atoms with Crippen molar-refractivity contribution >= 4 is 11.6 Å². The molecular formula is C21H25NO3. The predicted octanol–water partition coefficient (Wildman–Crippen LogP) is 4.64. The van der Waals surface area contributed by atoms with Crippen LogP contribution in [0.25, 0.3) is 0 Å². The molecule has 2 aromatic carbocycles. The van der Waals surface area contributed by atoms with Crippen LogP contribution in [0.5, 0.6) is 11.5 Å². The van der Waals surface area contributed by atoms with Crippen molar-refractivity contribution in [2.24, 2.45) is 0 Å². The fraction of sp³-hybridized carbons (Fsp3) is 0.381. The summed E-state index contributed by atoms with van der Waals surface area (Å²) in [4.78, 5) is 12.1. The van der Waals surface area contributed by atoms with E-state index in [9.17, 15) is 4.79 Å². The Labute approximate surface area is 149 Å². The number of hydrogen-bond acceptors (Lipinski definition) is 3. The van der Waals surface area contributed by atoms with E-state index in [4.69, 9.17) is 9.47 Å². The molecule has 1 saturated carbocycles. The van der Waals surface area contributed by atoms with Crippen LogP contribution in [0, 0.1) is 13.8 Å². The average molecular weight is 339 g/mol. The SMILES string of the molecule is Cc1ccc(C)c(OCC(=O)Nc2ccc(OC3CCCC3)cc2)c1. The van der Waals surface area contributed by atoms with Gasteiger partial charge in [0.2, 0.25) is 0 Å². The normalized spacial score (nSPS) is 14.3. The zero-order chi connectivity index (χ0) is 17.6. The van der Waals surface area contributed by atoms with Gasteiger partial charge in [0.05, 0.1) is 6.10 Å². The van der Waals surface area contributed by atoms with E-state index in [1.807, 2.05) is 56.3 Å². The van der Waals surface area contributed by atoms with E-state index in [0.717, 1.165) is 41.2 Å². The van der Waals surface area contributed by atoms with Crippen LogP contribution in [0.15, 0.2) is 42.5 Å². The van der Waals surface area contributed by atoms with Gasteiger partial charge in [0.15, 0.2) is 6.61 Å². The third-order valence-corrected chi connectivity index (χ3v) is 4.45. The molecule has 2 aromatic rings.